The molecule has 4 rings (SSSR count). The largest absolute Gasteiger partial charge is 0.395 e. The maximum Gasteiger partial charge on any atom is 0.248 e. The Morgan fingerprint density at radius 3 is 2.33 bits per heavy atom. The van der Waals surface area contributed by atoms with Gasteiger partial charge < -0.3 is 14.7 Å². The lowest BCUT2D eigenvalue weighted by Crippen LogP contribution is -2.68. The quantitative estimate of drug-likeness (QED) is 0.821. The first-order chi connectivity index (χ1) is 14.6. The van der Waals surface area contributed by atoms with E-state index in [2.05, 4.69) is 29.2 Å². The molecule has 2 fully saturated rings. The number of rotatable bonds is 5. The highest BCUT2D eigenvalue weighted by Gasteiger charge is 2.49. The Hall–Kier alpha value is -2.28. The first kappa shape index (κ1) is 21.0. The molecule has 0 radical (unpaired) electrons. The molecule has 0 aromatic heterocycles. The minimum atomic E-state index is -0.243. The number of nitrogens with zero attached hydrogens (tertiary/aromatic N) is 2. The summed E-state index contributed by atoms with van der Waals surface area (Å²) in [5.74, 6) is -0.0435. The van der Waals surface area contributed by atoms with E-state index >= 15 is 0 Å². The zero-order chi connectivity index (χ0) is 21.1. The molecule has 2 heterocycles. The molecular weight excluding hydrogens is 383 g/mol. The number of fused-ring (bicyclic) bond motifs is 1. The first-order valence-electron chi connectivity index (χ1n) is 10.6. The summed E-state index contributed by atoms with van der Waals surface area (Å²) in [5, 5.41) is 10.1. The predicted octanol–water partition coefficient (Wildman–Crippen LogP) is 2.89. The Balaban J connectivity index is 1.55. The summed E-state index contributed by atoms with van der Waals surface area (Å²) < 4.78 is 18.3. The molecule has 0 spiro atoms. The van der Waals surface area contributed by atoms with Gasteiger partial charge in [-0.25, -0.2) is 4.39 Å². The molecule has 0 bridgehead atoms. The fourth-order valence-electron chi connectivity index (χ4n) is 4.92. The standard InChI is InChI=1S/C24H29FN2O3/c1-30-16-23(29)26-12-2-3-13-27-21(14-26)24(22(27)15-28)19-6-4-17(5-7-19)18-8-10-20(25)11-9-18/h4-11,21-22,24,28H,2-3,12-16H2,1H3/t21-,22-,24+/m1/s1. The van der Waals surface area contributed by atoms with E-state index in [1.165, 1.54) is 17.7 Å². The van der Waals surface area contributed by atoms with Crippen LogP contribution in [-0.4, -0.2) is 72.9 Å². The number of amides is 1. The van der Waals surface area contributed by atoms with Crippen molar-refractivity contribution in [3.63, 3.8) is 0 Å². The molecular formula is C24H29FN2O3. The number of hydrogen-bond donors (Lipinski definition) is 1. The maximum atomic E-state index is 13.2. The Morgan fingerprint density at radius 2 is 1.70 bits per heavy atom. The van der Waals surface area contributed by atoms with Gasteiger partial charge in [-0.3, -0.25) is 9.69 Å². The van der Waals surface area contributed by atoms with E-state index in [-0.39, 0.29) is 42.9 Å². The molecule has 2 aromatic rings. The average Bonchev–Trinajstić information content (AvgIpc) is 2.74. The lowest BCUT2D eigenvalue weighted by atomic mass is 9.74. The number of hydrogen-bond acceptors (Lipinski definition) is 4. The normalized spacial score (nSPS) is 24.5. The van der Waals surface area contributed by atoms with E-state index in [9.17, 15) is 14.3 Å². The van der Waals surface area contributed by atoms with E-state index in [4.69, 9.17) is 4.74 Å². The summed E-state index contributed by atoms with van der Waals surface area (Å²) >= 11 is 0. The fraction of sp³-hybridized carbons (Fsp3) is 0.458. The van der Waals surface area contributed by atoms with Gasteiger partial charge in [-0.05, 0) is 48.2 Å². The van der Waals surface area contributed by atoms with Crippen molar-refractivity contribution in [1.82, 2.24) is 9.80 Å². The van der Waals surface area contributed by atoms with Gasteiger partial charge >= 0.3 is 0 Å². The van der Waals surface area contributed by atoms with Crippen molar-refractivity contribution < 1.29 is 19.0 Å². The highest BCUT2D eigenvalue weighted by Crippen LogP contribution is 2.42. The van der Waals surface area contributed by atoms with Crippen molar-refractivity contribution in [3.05, 3.63) is 59.9 Å². The van der Waals surface area contributed by atoms with Crippen LogP contribution in [0.5, 0.6) is 0 Å². The van der Waals surface area contributed by atoms with Gasteiger partial charge in [-0.1, -0.05) is 36.4 Å². The van der Waals surface area contributed by atoms with Crippen LogP contribution in [0.1, 0.15) is 24.3 Å². The van der Waals surface area contributed by atoms with Crippen molar-refractivity contribution in [1.29, 1.82) is 0 Å². The minimum absolute atomic E-state index is 0.0252. The van der Waals surface area contributed by atoms with Gasteiger partial charge in [-0.15, -0.1) is 0 Å². The van der Waals surface area contributed by atoms with Crippen LogP contribution in [0.3, 0.4) is 0 Å². The van der Waals surface area contributed by atoms with Crippen molar-refractivity contribution in [2.75, 3.05) is 40.0 Å². The summed E-state index contributed by atoms with van der Waals surface area (Å²) in [6.45, 7) is 2.57. The zero-order valence-corrected chi connectivity index (χ0v) is 17.3. The van der Waals surface area contributed by atoms with Crippen molar-refractivity contribution in [3.8, 4) is 11.1 Å². The average molecular weight is 413 g/mol. The predicted molar refractivity (Wildman–Crippen MR) is 114 cm³/mol. The van der Waals surface area contributed by atoms with E-state index in [1.807, 2.05) is 4.90 Å². The van der Waals surface area contributed by atoms with Crippen LogP contribution in [0.2, 0.25) is 0 Å². The monoisotopic (exact) mass is 412 g/mol. The van der Waals surface area contributed by atoms with Crippen LogP contribution in [0, 0.1) is 5.82 Å². The molecule has 6 heteroatoms. The topological polar surface area (TPSA) is 53.0 Å². The first-order valence-corrected chi connectivity index (χ1v) is 10.6. The third-order valence-corrected chi connectivity index (χ3v) is 6.46. The van der Waals surface area contributed by atoms with Crippen molar-refractivity contribution >= 4 is 5.91 Å². The number of carbonyl (C=O) groups is 1. The molecule has 2 aliphatic rings. The Kier molecular flexibility index (Phi) is 6.46. The molecule has 0 unspecified atom stereocenters. The molecule has 0 aliphatic carbocycles. The second kappa shape index (κ2) is 9.25. The molecule has 5 nitrogen and oxygen atoms in total. The Morgan fingerprint density at radius 1 is 1.07 bits per heavy atom. The molecule has 1 N–H and O–H groups in total. The number of aliphatic hydroxyl groups is 1. The van der Waals surface area contributed by atoms with Gasteiger partial charge in [0.1, 0.15) is 12.4 Å². The molecule has 3 atom stereocenters. The second-order valence-corrected chi connectivity index (χ2v) is 8.19. The van der Waals surface area contributed by atoms with Crippen LogP contribution in [0.4, 0.5) is 4.39 Å². The van der Waals surface area contributed by atoms with Gasteiger partial charge in [0.25, 0.3) is 0 Å². The van der Waals surface area contributed by atoms with Crippen molar-refractivity contribution in [2.45, 2.75) is 30.8 Å². The van der Waals surface area contributed by atoms with Gasteiger partial charge in [0.05, 0.1) is 6.61 Å². The third-order valence-electron chi connectivity index (χ3n) is 6.46. The molecule has 30 heavy (non-hydrogen) atoms. The lowest BCUT2D eigenvalue weighted by Gasteiger charge is -2.57. The molecule has 160 valence electrons. The lowest BCUT2D eigenvalue weighted by molar-refractivity contribution is -0.140. The van der Waals surface area contributed by atoms with Crippen LogP contribution in [0.15, 0.2) is 48.5 Å². The summed E-state index contributed by atoms with van der Waals surface area (Å²) in [6, 6.07) is 15.1. The fourth-order valence-corrected chi connectivity index (χ4v) is 4.92. The van der Waals surface area contributed by atoms with Crippen LogP contribution in [0.25, 0.3) is 11.1 Å². The highest BCUT2D eigenvalue weighted by atomic mass is 19.1. The minimum Gasteiger partial charge on any atom is -0.395 e. The van der Waals surface area contributed by atoms with E-state index < -0.39 is 0 Å². The summed E-state index contributed by atoms with van der Waals surface area (Å²) in [5.41, 5.74) is 3.17. The van der Waals surface area contributed by atoms with Crippen molar-refractivity contribution in [2.24, 2.45) is 0 Å². The maximum absolute atomic E-state index is 13.2. The summed E-state index contributed by atoms with van der Waals surface area (Å²) in [7, 11) is 1.55. The van der Waals surface area contributed by atoms with Gasteiger partial charge in [0, 0.05) is 38.2 Å². The molecule has 1 amide bonds. The summed E-state index contributed by atoms with van der Waals surface area (Å²) in [6.07, 6.45) is 1.98. The van der Waals surface area contributed by atoms with E-state index in [1.54, 1.807) is 19.2 Å². The van der Waals surface area contributed by atoms with Gasteiger partial charge in [0.15, 0.2) is 0 Å². The zero-order valence-electron chi connectivity index (χ0n) is 17.3. The number of halogens is 1. The second-order valence-electron chi connectivity index (χ2n) is 8.19. The van der Waals surface area contributed by atoms with E-state index in [0.29, 0.717) is 6.54 Å². The number of methoxy groups -OCH3 is 1. The van der Waals surface area contributed by atoms with Gasteiger partial charge in [-0.2, -0.15) is 0 Å². The van der Waals surface area contributed by atoms with Crippen LogP contribution >= 0.6 is 0 Å². The molecule has 2 aliphatic heterocycles. The number of carbonyl (C=O) groups excluding carboxylic acids is 1. The molecule has 2 aromatic carbocycles. The van der Waals surface area contributed by atoms with Gasteiger partial charge in [0.2, 0.25) is 5.91 Å². The number of aliphatic hydroxyl groups excluding tert-OH is 1. The van der Waals surface area contributed by atoms with Crippen LogP contribution < -0.4 is 0 Å². The number of ether oxygens (including phenoxy) is 1. The van der Waals surface area contributed by atoms with Crippen LogP contribution in [-0.2, 0) is 9.53 Å². The SMILES string of the molecule is COCC(=O)N1CCCCN2[C@H](CO)[C@@H](c3ccc(-c4ccc(F)cc4)cc3)[C@H]2C1. The Labute approximate surface area is 177 Å². The smallest absolute Gasteiger partial charge is 0.248 e. The highest BCUT2D eigenvalue weighted by molar-refractivity contribution is 5.77. The molecule has 0 saturated carbocycles. The Bertz CT molecular complexity index is 856. The van der Waals surface area contributed by atoms with E-state index in [0.717, 1.165) is 37.1 Å². The number of benzene rings is 2. The third kappa shape index (κ3) is 4.13. The molecule has 2 saturated heterocycles. The summed E-state index contributed by atoms with van der Waals surface area (Å²) in [4.78, 5) is 16.7.